The van der Waals surface area contributed by atoms with Crippen LogP contribution in [0.2, 0.25) is 0 Å². The maximum absolute atomic E-state index is 14.6. The van der Waals surface area contributed by atoms with E-state index in [9.17, 15) is 9.18 Å². The molecule has 2 aliphatic heterocycles. The number of ether oxygens (including phenoxy) is 2. The van der Waals surface area contributed by atoms with Crippen LogP contribution in [0, 0.1) is 5.82 Å². The second-order valence-corrected chi connectivity index (χ2v) is 8.57. The zero-order valence-electron chi connectivity index (χ0n) is 18.1. The zero-order chi connectivity index (χ0) is 21.7. The van der Waals surface area contributed by atoms with Gasteiger partial charge in [0.25, 0.3) is 0 Å². The van der Waals surface area contributed by atoms with Crippen LogP contribution in [0.4, 0.5) is 4.39 Å². The minimum absolute atomic E-state index is 0.135. The highest BCUT2D eigenvalue weighted by atomic mass is 19.1. The van der Waals surface area contributed by atoms with Crippen LogP contribution in [-0.2, 0) is 21.6 Å². The van der Waals surface area contributed by atoms with Gasteiger partial charge in [0, 0.05) is 44.3 Å². The minimum Gasteiger partial charge on any atom is -0.491 e. The van der Waals surface area contributed by atoms with Gasteiger partial charge in [-0.1, -0.05) is 36.4 Å². The Kier molecular flexibility index (Phi) is 6.88. The van der Waals surface area contributed by atoms with Gasteiger partial charge in [-0.3, -0.25) is 9.69 Å². The molecular formula is C25H31FN2O3. The summed E-state index contributed by atoms with van der Waals surface area (Å²) in [5.74, 6) is 0.493. The first kappa shape index (κ1) is 21.8. The molecule has 0 bridgehead atoms. The first-order valence-corrected chi connectivity index (χ1v) is 11.1. The third-order valence-corrected chi connectivity index (χ3v) is 6.33. The molecule has 2 fully saturated rings. The number of nitrogens with zero attached hydrogens (tertiary/aromatic N) is 1. The van der Waals surface area contributed by atoms with Gasteiger partial charge in [-0.25, -0.2) is 4.39 Å². The molecule has 4 rings (SSSR count). The number of hydrogen-bond donors (Lipinski definition) is 1. The van der Waals surface area contributed by atoms with Crippen molar-refractivity contribution >= 4 is 5.91 Å². The van der Waals surface area contributed by atoms with Crippen molar-refractivity contribution in [2.75, 3.05) is 26.3 Å². The maximum Gasteiger partial charge on any atom is 0.217 e. The lowest BCUT2D eigenvalue weighted by Gasteiger charge is -2.43. The van der Waals surface area contributed by atoms with Gasteiger partial charge < -0.3 is 14.8 Å². The molecule has 2 aromatic carbocycles. The summed E-state index contributed by atoms with van der Waals surface area (Å²) in [4.78, 5) is 14.3. The first-order chi connectivity index (χ1) is 15.1. The molecule has 0 saturated carbocycles. The number of piperidine rings is 1. The predicted molar refractivity (Wildman–Crippen MR) is 117 cm³/mol. The number of benzene rings is 2. The van der Waals surface area contributed by atoms with E-state index in [0.29, 0.717) is 25.0 Å². The highest BCUT2D eigenvalue weighted by molar-refractivity contribution is 5.74. The van der Waals surface area contributed by atoms with Crippen molar-refractivity contribution in [1.29, 1.82) is 0 Å². The van der Waals surface area contributed by atoms with E-state index >= 15 is 0 Å². The smallest absolute Gasteiger partial charge is 0.217 e. The highest BCUT2D eigenvalue weighted by Crippen LogP contribution is 2.35. The van der Waals surface area contributed by atoms with Crippen LogP contribution >= 0.6 is 0 Å². The molecule has 2 saturated heterocycles. The fraction of sp³-hybridized carbons (Fsp3) is 0.480. The van der Waals surface area contributed by atoms with Crippen molar-refractivity contribution in [3.63, 3.8) is 0 Å². The Morgan fingerprint density at radius 3 is 2.65 bits per heavy atom. The quantitative estimate of drug-likeness (QED) is 0.727. The van der Waals surface area contributed by atoms with Crippen molar-refractivity contribution in [3.8, 4) is 5.75 Å². The van der Waals surface area contributed by atoms with Crippen LogP contribution in [0.1, 0.15) is 43.7 Å². The molecule has 6 heteroatoms. The second kappa shape index (κ2) is 9.79. The molecule has 0 unspecified atom stereocenters. The molecule has 5 nitrogen and oxygen atoms in total. The third-order valence-electron chi connectivity index (χ3n) is 6.33. The lowest BCUT2D eigenvalue weighted by molar-refractivity contribution is -0.121. The number of likely N-dealkylation sites (tertiary alicyclic amines) is 1. The Bertz CT molecular complexity index is 890. The summed E-state index contributed by atoms with van der Waals surface area (Å²) >= 11 is 0. The van der Waals surface area contributed by atoms with E-state index < -0.39 is 5.54 Å². The van der Waals surface area contributed by atoms with E-state index in [-0.39, 0.29) is 17.8 Å². The Morgan fingerprint density at radius 2 is 1.94 bits per heavy atom. The SMILES string of the molecule is CC(=O)NC1(c2ccccc2F)CCN(Cc2ccccc2OC[C@H]2CCCO2)CC1. The van der Waals surface area contributed by atoms with E-state index in [1.54, 1.807) is 12.1 Å². The molecule has 0 aromatic heterocycles. The van der Waals surface area contributed by atoms with Gasteiger partial charge in [0.2, 0.25) is 5.91 Å². The summed E-state index contributed by atoms with van der Waals surface area (Å²) in [5.41, 5.74) is 1.05. The van der Waals surface area contributed by atoms with Crippen LogP contribution < -0.4 is 10.1 Å². The molecule has 2 heterocycles. The number of para-hydroxylation sites is 1. The van der Waals surface area contributed by atoms with Crippen molar-refractivity contribution in [2.45, 2.75) is 50.8 Å². The van der Waals surface area contributed by atoms with Gasteiger partial charge in [0.05, 0.1) is 11.6 Å². The van der Waals surface area contributed by atoms with E-state index in [0.717, 1.165) is 50.4 Å². The lowest BCUT2D eigenvalue weighted by atomic mass is 9.80. The number of nitrogens with one attached hydrogen (secondary N) is 1. The van der Waals surface area contributed by atoms with Crippen LogP contribution in [-0.4, -0.2) is 43.2 Å². The normalized spacial score (nSPS) is 21.0. The van der Waals surface area contributed by atoms with Gasteiger partial charge in [-0.05, 0) is 37.8 Å². The molecule has 1 N–H and O–H groups in total. The summed E-state index contributed by atoms with van der Waals surface area (Å²) in [7, 11) is 0. The van der Waals surface area contributed by atoms with Crippen molar-refractivity contribution < 1.29 is 18.7 Å². The lowest BCUT2D eigenvalue weighted by Crippen LogP contribution is -2.52. The molecule has 0 spiro atoms. The Balaban J connectivity index is 1.42. The zero-order valence-corrected chi connectivity index (χ0v) is 18.1. The summed E-state index contributed by atoms with van der Waals surface area (Å²) in [6, 6.07) is 14.9. The highest BCUT2D eigenvalue weighted by Gasteiger charge is 2.38. The summed E-state index contributed by atoms with van der Waals surface area (Å²) in [5, 5.41) is 3.06. The summed E-state index contributed by atoms with van der Waals surface area (Å²) in [6.45, 7) is 5.17. The fourth-order valence-electron chi connectivity index (χ4n) is 4.72. The molecule has 2 aromatic rings. The maximum atomic E-state index is 14.6. The molecule has 0 aliphatic carbocycles. The standard InChI is InChI=1S/C25H31FN2O3/c1-19(29)27-25(22-9-3-4-10-23(22)26)12-14-28(15-13-25)17-20-7-2-5-11-24(20)31-18-21-8-6-16-30-21/h2-5,7,9-11,21H,6,8,12-18H2,1H3,(H,27,29)/t21-/m1/s1. The van der Waals surface area contributed by atoms with Crippen LogP contribution in [0.25, 0.3) is 0 Å². The topological polar surface area (TPSA) is 50.8 Å². The minimum atomic E-state index is -0.663. The average Bonchev–Trinajstić information content (AvgIpc) is 3.28. The Hall–Kier alpha value is -2.44. The van der Waals surface area contributed by atoms with Crippen molar-refractivity contribution in [1.82, 2.24) is 10.2 Å². The van der Waals surface area contributed by atoms with Gasteiger partial charge >= 0.3 is 0 Å². The number of amides is 1. The molecule has 31 heavy (non-hydrogen) atoms. The first-order valence-electron chi connectivity index (χ1n) is 11.1. The van der Waals surface area contributed by atoms with Crippen LogP contribution in [0.15, 0.2) is 48.5 Å². The fourth-order valence-corrected chi connectivity index (χ4v) is 4.72. The summed E-state index contributed by atoms with van der Waals surface area (Å²) in [6.07, 6.45) is 3.65. The number of hydrogen-bond acceptors (Lipinski definition) is 4. The number of rotatable bonds is 7. The van der Waals surface area contributed by atoms with E-state index in [1.807, 2.05) is 24.3 Å². The average molecular weight is 427 g/mol. The van der Waals surface area contributed by atoms with Crippen LogP contribution in [0.5, 0.6) is 5.75 Å². The number of carbonyl (C=O) groups is 1. The molecule has 2 aliphatic rings. The summed E-state index contributed by atoms with van der Waals surface area (Å²) < 4.78 is 26.3. The molecule has 0 radical (unpaired) electrons. The molecule has 166 valence electrons. The van der Waals surface area contributed by atoms with Gasteiger partial charge in [0.15, 0.2) is 0 Å². The van der Waals surface area contributed by atoms with Crippen molar-refractivity contribution in [2.24, 2.45) is 0 Å². The molecule has 1 atom stereocenters. The van der Waals surface area contributed by atoms with E-state index in [2.05, 4.69) is 16.3 Å². The van der Waals surface area contributed by atoms with E-state index in [4.69, 9.17) is 9.47 Å². The van der Waals surface area contributed by atoms with Gasteiger partial charge in [0.1, 0.15) is 18.2 Å². The Morgan fingerprint density at radius 1 is 1.19 bits per heavy atom. The second-order valence-electron chi connectivity index (χ2n) is 8.57. The Labute approximate surface area is 183 Å². The molecular weight excluding hydrogens is 395 g/mol. The van der Waals surface area contributed by atoms with Gasteiger partial charge in [-0.2, -0.15) is 0 Å². The largest absolute Gasteiger partial charge is 0.491 e. The van der Waals surface area contributed by atoms with Crippen molar-refractivity contribution in [3.05, 3.63) is 65.5 Å². The monoisotopic (exact) mass is 426 g/mol. The predicted octanol–water partition coefficient (Wildman–Crippen LogP) is 4.01. The van der Waals surface area contributed by atoms with E-state index in [1.165, 1.54) is 13.0 Å². The molecule has 1 amide bonds. The number of halogens is 1. The third kappa shape index (κ3) is 5.25. The van der Waals surface area contributed by atoms with Crippen LogP contribution in [0.3, 0.4) is 0 Å². The number of carbonyl (C=O) groups excluding carboxylic acids is 1. The van der Waals surface area contributed by atoms with Gasteiger partial charge in [-0.15, -0.1) is 0 Å².